The van der Waals surface area contributed by atoms with Gasteiger partial charge in [0.25, 0.3) is 5.91 Å². The molecule has 0 unspecified atom stereocenters. The summed E-state index contributed by atoms with van der Waals surface area (Å²) in [4.78, 5) is 44.1. The van der Waals surface area contributed by atoms with Crippen LogP contribution in [0.1, 0.15) is 46.5 Å². The van der Waals surface area contributed by atoms with Crippen LogP contribution in [0.2, 0.25) is 0 Å². The van der Waals surface area contributed by atoms with E-state index in [4.69, 9.17) is 0 Å². The van der Waals surface area contributed by atoms with Gasteiger partial charge >= 0.3 is 0 Å². The zero-order valence-corrected chi connectivity index (χ0v) is 16.4. The average Bonchev–Trinajstić information content (AvgIpc) is 3.30. The quantitative estimate of drug-likeness (QED) is 0.840. The number of hydrogen-bond donors (Lipinski definition) is 1. The van der Waals surface area contributed by atoms with Crippen molar-refractivity contribution in [3.63, 3.8) is 0 Å². The number of carbonyl (C=O) groups excluding carboxylic acids is 3. The van der Waals surface area contributed by atoms with Gasteiger partial charge in [-0.2, -0.15) is 0 Å². The fraction of sp³-hybridized carbons (Fsp3) is 0.632. The maximum atomic E-state index is 12.9. The molecular formula is C19H25N3O4S. The van der Waals surface area contributed by atoms with Crippen LogP contribution in [0.25, 0.3) is 0 Å². The van der Waals surface area contributed by atoms with Gasteiger partial charge in [-0.15, -0.1) is 11.3 Å². The Morgan fingerprint density at radius 1 is 1.22 bits per heavy atom. The number of aliphatic hydroxyl groups is 1. The fourth-order valence-electron chi connectivity index (χ4n) is 4.41. The van der Waals surface area contributed by atoms with Crippen molar-refractivity contribution >= 4 is 34.1 Å². The maximum absolute atomic E-state index is 12.9. The van der Waals surface area contributed by atoms with Crippen molar-refractivity contribution in [2.75, 3.05) is 38.2 Å². The molecule has 146 valence electrons. The molecule has 1 N–H and O–H groups in total. The molecule has 7 nitrogen and oxygen atoms in total. The molecule has 0 radical (unpaired) electrons. The Bertz CT molecular complexity index is 784. The topological polar surface area (TPSA) is 81.2 Å². The highest BCUT2D eigenvalue weighted by Gasteiger charge is 2.38. The Balaban J connectivity index is 1.67. The molecule has 8 heteroatoms. The second-order valence-electron chi connectivity index (χ2n) is 7.61. The lowest BCUT2D eigenvalue weighted by Crippen LogP contribution is -2.40. The van der Waals surface area contributed by atoms with Crippen LogP contribution in [-0.2, 0) is 22.6 Å². The van der Waals surface area contributed by atoms with Crippen LogP contribution in [0.5, 0.6) is 0 Å². The first kappa shape index (κ1) is 18.4. The lowest BCUT2D eigenvalue weighted by Gasteiger charge is -2.29. The van der Waals surface area contributed by atoms with Crippen molar-refractivity contribution in [3.05, 3.63) is 16.0 Å². The number of hydrogen-bond acceptors (Lipinski definition) is 5. The predicted octanol–water partition coefficient (Wildman–Crippen LogP) is 1.23. The second kappa shape index (κ2) is 7.24. The van der Waals surface area contributed by atoms with Crippen LogP contribution in [0.15, 0.2) is 0 Å². The predicted molar refractivity (Wildman–Crippen MR) is 102 cm³/mol. The van der Waals surface area contributed by atoms with Crippen molar-refractivity contribution in [1.29, 1.82) is 0 Å². The maximum Gasteiger partial charge on any atom is 0.257 e. The Morgan fingerprint density at radius 3 is 2.67 bits per heavy atom. The molecule has 0 saturated heterocycles. The number of nitrogens with zero attached hydrogens (tertiary/aromatic N) is 3. The molecular weight excluding hydrogens is 366 g/mol. The van der Waals surface area contributed by atoms with Crippen LogP contribution in [-0.4, -0.2) is 65.9 Å². The van der Waals surface area contributed by atoms with Crippen LogP contribution < -0.4 is 4.90 Å². The molecule has 1 aromatic rings. The van der Waals surface area contributed by atoms with Crippen molar-refractivity contribution in [2.45, 2.75) is 38.6 Å². The summed E-state index contributed by atoms with van der Waals surface area (Å²) in [6.07, 6.45) is 4.85. The van der Waals surface area contributed by atoms with Crippen LogP contribution in [0, 0.1) is 5.92 Å². The van der Waals surface area contributed by atoms with Crippen molar-refractivity contribution < 1.29 is 19.5 Å². The third-order valence-electron chi connectivity index (χ3n) is 5.86. The lowest BCUT2D eigenvalue weighted by atomic mass is 9.99. The van der Waals surface area contributed by atoms with E-state index in [-0.39, 0.29) is 43.3 Å². The third kappa shape index (κ3) is 3.14. The zero-order chi connectivity index (χ0) is 19.1. The van der Waals surface area contributed by atoms with Gasteiger partial charge in [0, 0.05) is 30.9 Å². The van der Waals surface area contributed by atoms with Gasteiger partial charge in [-0.3, -0.25) is 19.3 Å². The van der Waals surface area contributed by atoms with E-state index >= 15 is 0 Å². The summed E-state index contributed by atoms with van der Waals surface area (Å²) in [7, 11) is 1.63. The van der Waals surface area contributed by atoms with Gasteiger partial charge < -0.3 is 14.9 Å². The standard InChI is InChI=1S/C19H25N3O4S/c1-20-11-15(24)22(8-9-23)19-16(18(20)26)13-6-7-21(10-14(13)27-19)17(25)12-4-2-3-5-12/h12,23H,2-11H2,1H3. The fourth-order valence-corrected chi connectivity index (χ4v) is 5.81. The molecule has 1 aliphatic carbocycles. The SMILES string of the molecule is CN1CC(=O)N(CCO)c2sc3c(c2C1=O)CCN(C(=O)C1CCCC1)C3. The van der Waals surface area contributed by atoms with Gasteiger partial charge in [0.15, 0.2) is 0 Å². The molecule has 3 amide bonds. The molecule has 0 bridgehead atoms. The summed E-state index contributed by atoms with van der Waals surface area (Å²) in [6.45, 7) is 1.17. The summed E-state index contributed by atoms with van der Waals surface area (Å²) < 4.78 is 0. The van der Waals surface area contributed by atoms with Crippen LogP contribution in [0.4, 0.5) is 5.00 Å². The van der Waals surface area contributed by atoms with Crippen molar-refractivity contribution in [3.8, 4) is 0 Å². The van der Waals surface area contributed by atoms with E-state index < -0.39 is 0 Å². The third-order valence-corrected chi connectivity index (χ3v) is 7.10. The Kier molecular flexibility index (Phi) is 4.94. The Morgan fingerprint density at radius 2 is 1.96 bits per heavy atom. The zero-order valence-electron chi connectivity index (χ0n) is 15.6. The van der Waals surface area contributed by atoms with Crippen molar-refractivity contribution in [1.82, 2.24) is 9.80 Å². The number of carbonyl (C=O) groups is 3. The number of amides is 3. The van der Waals surface area contributed by atoms with E-state index in [1.165, 1.54) is 21.1 Å². The highest BCUT2D eigenvalue weighted by molar-refractivity contribution is 7.17. The molecule has 3 heterocycles. The lowest BCUT2D eigenvalue weighted by molar-refractivity contribution is -0.136. The number of β-amino-alcohol motifs (C(OH)–C–C–N with tert-alkyl or cyclic N) is 1. The number of thiophene rings is 1. The summed E-state index contributed by atoms with van der Waals surface area (Å²) >= 11 is 1.42. The van der Waals surface area contributed by atoms with Gasteiger partial charge in [0.05, 0.1) is 18.7 Å². The molecule has 3 aliphatic rings. The molecule has 0 atom stereocenters. The van der Waals surface area contributed by atoms with Gasteiger partial charge in [0.2, 0.25) is 11.8 Å². The second-order valence-corrected chi connectivity index (χ2v) is 8.69. The summed E-state index contributed by atoms with van der Waals surface area (Å²) in [6, 6.07) is 0. The molecule has 2 aliphatic heterocycles. The Labute approximate surface area is 162 Å². The summed E-state index contributed by atoms with van der Waals surface area (Å²) in [5, 5.41) is 10.0. The highest BCUT2D eigenvalue weighted by Crippen LogP contribution is 2.41. The molecule has 27 heavy (non-hydrogen) atoms. The first-order chi connectivity index (χ1) is 13.0. The van der Waals surface area contributed by atoms with Gasteiger partial charge in [-0.1, -0.05) is 12.8 Å². The number of aliphatic hydroxyl groups excluding tert-OH is 1. The van der Waals surface area contributed by atoms with Gasteiger partial charge in [-0.05, 0) is 24.8 Å². The minimum atomic E-state index is -0.184. The van der Waals surface area contributed by atoms with E-state index in [9.17, 15) is 19.5 Å². The molecule has 1 saturated carbocycles. The van der Waals surface area contributed by atoms with E-state index in [0.717, 1.165) is 36.1 Å². The Hall–Kier alpha value is -1.93. The molecule has 1 fully saturated rings. The number of likely N-dealkylation sites (N-methyl/N-ethyl adjacent to an activating group) is 1. The van der Waals surface area contributed by atoms with Crippen LogP contribution in [0.3, 0.4) is 0 Å². The number of fused-ring (bicyclic) bond motifs is 3. The van der Waals surface area contributed by atoms with Gasteiger partial charge in [-0.25, -0.2) is 0 Å². The summed E-state index contributed by atoms with van der Waals surface area (Å²) in [5.74, 6) is 0.0426. The highest BCUT2D eigenvalue weighted by atomic mass is 32.1. The minimum absolute atomic E-state index is 0.0152. The van der Waals surface area contributed by atoms with E-state index in [0.29, 0.717) is 30.1 Å². The molecule has 4 rings (SSSR count). The monoisotopic (exact) mass is 391 g/mol. The number of rotatable bonds is 3. The van der Waals surface area contributed by atoms with E-state index in [1.807, 2.05) is 4.90 Å². The largest absolute Gasteiger partial charge is 0.395 e. The normalized spacial score (nSPS) is 20.7. The average molecular weight is 391 g/mol. The molecule has 0 aromatic carbocycles. The first-order valence-corrected chi connectivity index (χ1v) is 10.4. The smallest absolute Gasteiger partial charge is 0.257 e. The molecule has 1 aromatic heterocycles. The molecule has 0 spiro atoms. The van der Waals surface area contributed by atoms with E-state index in [1.54, 1.807) is 7.05 Å². The number of anilines is 1. The summed E-state index contributed by atoms with van der Waals surface area (Å²) in [5.41, 5.74) is 1.56. The van der Waals surface area contributed by atoms with E-state index in [2.05, 4.69) is 0 Å². The van der Waals surface area contributed by atoms with Gasteiger partial charge in [0.1, 0.15) is 11.5 Å². The van der Waals surface area contributed by atoms with Crippen LogP contribution >= 0.6 is 11.3 Å². The first-order valence-electron chi connectivity index (χ1n) is 9.61. The van der Waals surface area contributed by atoms with Crippen molar-refractivity contribution in [2.24, 2.45) is 5.92 Å². The minimum Gasteiger partial charge on any atom is -0.395 e.